The van der Waals surface area contributed by atoms with Crippen molar-refractivity contribution >= 4 is 11.9 Å². The number of carboxylic acid groups (broad SMARTS) is 1. The molecule has 140 valence electrons. The highest BCUT2D eigenvalue weighted by atomic mass is 16.5. The number of carboxylic acids is 1. The van der Waals surface area contributed by atoms with Crippen molar-refractivity contribution in [1.82, 2.24) is 15.1 Å². The summed E-state index contributed by atoms with van der Waals surface area (Å²) in [6.45, 7) is 8.37. The molecule has 2 aromatic rings. The van der Waals surface area contributed by atoms with Gasteiger partial charge < -0.3 is 15.2 Å². The van der Waals surface area contributed by atoms with E-state index in [1.54, 1.807) is 12.3 Å². The first-order valence-electron chi connectivity index (χ1n) is 8.38. The lowest BCUT2D eigenvalue weighted by molar-refractivity contribution is 0.0696. The molecule has 7 nitrogen and oxygen atoms in total. The van der Waals surface area contributed by atoms with Crippen LogP contribution in [-0.4, -0.2) is 40.4 Å². The smallest absolute Gasteiger partial charge is 0.335 e. The van der Waals surface area contributed by atoms with E-state index in [9.17, 15) is 9.59 Å². The third kappa shape index (κ3) is 4.22. The monoisotopic (exact) mass is 359 g/mol. The first-order chi connectivity index (χ1) is 12.1. The van der Waals surface area contributed by atoms with Crippen molar-refractivity contribution in [3.05, 3.63) is 46.8 Å². The van der Waals surface area contributed by atoms with Gasteiger partial charge in [-0.05, 0) is 51.8 Å². The van der Waals surface area contributed by atoms with Gasteiger partial charge in [0.25, 0.3) is 5.91 Å². The molecular formula is C19H25N3O4. The average Bonchev–Trinajstić information content (AvgIpc) is 2.96. The lowest BCUT2D eigenvalue weighted by atomic mass is 10.1. The number of rotatable bonds is 6. The molecule has 7 heteroatoms. The predicted molar refractivity (Wildman–Crippen MR) is 98.0 cm³/mol. The van der Waals surface area contributed by atoms with E-state index in [1.807, 2.05) is 32.4 Å². The van der Waals surface area contributed by atoms with Gasteiger partial charge in [-0.1, -0.05) is 6.07 Å². The molecule has 0 spiro atoms. The zero-order valence-electron chi connectivity index (χ0n) is 15.8. The number of ether oxygens (including phenoxy) is 1. The minimum absolute atomic E-state index is 0.167. The molecule has 0 saturated heterocycles. The van der Waals surface area contributed by atoms with Crippen LogP contribution in [0.5, 0.6) is 5.75 Å². The average molecular weight is 359 g/mol. The lowest BCUT2D eigenvalue weighted by Crippen LogP contribution is -2.28. The van der Waals surface area contributed by atoms with E-state index in [2.05, 4.69) is 10.4 Å². The Bertz CT molecular complexity index is 819. The number of aromatic nitrogens is 2. The summed E-state index contributed by atoms with van der Waals surface area (Å²) in [5.41, 5.74) is 2.17. The highest BCUT2D eigenvalue weighted by Crippen LogP contribution is 2.21. The maximum Gasteiger partial charge on any atom is 0.335 e. The number of methoxy groups -OCH3 is 1. The van der Waals surface area contributed by atoms with Crippen LogP contribution < -0.4 is 10.1 Å². The standard InChI is InChI=1S/C19H25N3O4/c1-12-15(11-21-22(12)19(2,3)4)17(23)20-9-8-13-6-7-14(18(24)25)10-16(13)26-5/h6-7,10-11H,8-9H2,1-5H3,(H,20,23)(H,24,25). The molecule has 1 aromatic heterocycles. The molecule has 0 fully saturated rings. The molecule has 0 saturated carbocycles. The zero-order chi connectivity index (χ0) is 19.5. The first-order valence-corrected chi connectivity index (χ1v) is 8.38. The van der Waals surface area contributed by atoms with Crippen LogP contribution in [0, 0.1) is 6.92 Å². The molecule has 26 heavy (non-hydrogen) atoms. The SMILES string of the molecule is COc1cc(C(=O)O)ccc1CCNC(=O)c1cnn(C(C)(C)C)c1C. The minimum atomic E-state index is -1.01. The van der Waals surface area contributed by atoms with Crippen LogP contribution in [0.2, 0.25) is 0 Å². The van der Waals surface area contributed by atoms with Gasteiger partial charge in [0.1, 0.15) is 5.75 Å². The second-order valence-corrected chi connectivity index (χ2v) is 7.06. The van der Waals surface area contributed by atoms with E-state index in [0.717, 1.165) is 11.3 Å². The highest BCUT2D eigenvalue weighted by Gasteiger charge is 2.21. The molecule has 0 unspecified atom stereocenters. The third-order valence-electron chi connectivity index (χ3n) is 4.10. The van der Waals surface area contributed by atoms with E-state index in [4.69, 9.17) is 9.84 Å². The summed E-state index contributed by atoms with van der Waals surface area (Å²) in [7, 11) is 1.49. The third-order valence-corrected chi connectivity index (χ3v) is 4.10. The Hall–Kier alpha value is -2.83. The zero-order valence-corrected chi connectivity index (χ0v) is 15.8. The van der Waals surface area contributed by atoms with Gasteiger partial charge in [0.05, 0.1) is 30.0 Å². The number of hydrogen-bond acceptors (Lipinski definition) is 4. The van der Waals surface area contributed by atoms with E-state index >= 15 is 0 Å². The Morgan fingerprint density at radius 3 is 2.54 bits per heavy atom. The Labute approximate surface area is 153 Å². The summed E-state index contributed by atoms with van der Waals surface area (Å²) in [5, 5.41) is 16.2. The number of carbonyl (C=O) groups excluding carboxylic acids is 1. The van der Waals surface area contributed by atoms with Crippen LogP contribution in [0.1, 0.15) is 52.7 Å². The number of nitrogens with one attached hydrogen (secondary N) is 1. The summed E-state index contributed by atoms with van der Waals surface area (Å²) in [5.74, 6) is -0.690. The Kier molecular flexibility index (Phi) is 5.69. The fourth-order valence-electron chi connectivity index (χ4n) is 2.80. The molecular weight excluding hydrogens is 334 g/mol. The predicted octanol–water partition coefficient (Wildman–Crippen LogP) is 2.63. The quantitative estimate of drug-likeness (QED) is 0.827. The summed E-state index contributed by atoms with van der Waals surface area (Å²) in [6, 6.07) is 4.72. The summed E-state index contributed by atoms with van der Waals surface area (Å²) in [6.07, 6.45) is 2.11. The van der Waals surface area contributed by atoms with Crippen molar-refractivity contribution in [2.24, 2.45) is 0 Å². The van der Waals surface area contributed by atoms with Crippen molar-refractivity contribution in [2.75, 3.05) is 13.7 Å². The molecule has 0 bridgehead atoms. The van der Waals surface area contributed by atoms with E-state index < -0.39 is 5.97 Å². The normalized spacial score (nSPS) is 11.3. The van der Waals surface area contributed by atoms with E-state index in [1.165, 1.54) is 19.2 Å². The molecule has 0 radical (unpaired) electrons. The van der Waals surface area contributed by atoms with Crippen molar-refractivity contribution in [2.45, 2.75) is 39.7 Å². The number of carbonyl (C=O) groups is 2. The summed E-state index contributed by atoms with van der Waals surface area (Å²) in [4.78, 5) is 23.4. The van der Waals surface area contributed by atoms with Crippen molar-refractivity contribution in [3.63, 3.8) is 0 Å². The summed E-state index contributed by atoms with van der Waals surface area (Å²) >= 11 is 0. The number of benzene rings is 1. The molecule has 0 aliphatic rings. The van der Waals surface area contributed by atoms with Gasteiger partial charge in [-0.2, -0.15) is 5.10 Å². The first kappa shape index (κ1) is 19.5. The molecule has 0 aliphatic heterocycles. The Morgan fingerprint density at radius 1 is 1.31 bits per heavy atom. The van der Waals surface area contributed by atoms with Gasteiger partial charge in [0, 0.05) is 12.2 Å². The maximum atomic E-state index is 12.4. The molecule has 2 N–H and O–H groups in total. The van der Waals surface area contributed by atoms with Crippen molar-refractivity contribution < 1.29 is 19.4 Å². The number of aromatic carboxylic acids is 1. The maximum absolute atomic E-state index is 12.4. The van der Waals surface area contributed by atoms with Gasteiger partial charge in [-0.15, -0.1) is 0 Å². The van der Waals surface area contributed by atoms with Gasteiger partial charge in [0.15, 0.2) is 0 Å². The number of amides is 1. The molecule has 1 heterocycles. The van der Waals surface area contributed by atoms with Crippen LogP contribution in [0.4, 0.5) is 0 Å². The fraction of sp³-hybridized carbons (Fsp3) is 0.421. The molecule has 0 aliphatic carbocycles. The number of hydrogen-bond donors (Lipinski definition) is 2. The van der Waals surface area contributed by atoms with Crippen LogP contribution in [0.3, 0.4) is 0 Å². The van der Waals surface area contributed by atoms with Gasteiger partial charge in [-0.25, -0.2) is 4.79 Å². The van der Waals surface area contributed by atoms with Crippen LogP contribution in [0.25, 0.3) is 0 Å². The van der Waals surface area contributed by atoms with Crippen LogP contribution in [-0.2, 0) is 12.0 Å². The number of nitrogens with zero attached hydrogens (tertiary/aromatic N) is 2. The molecule has 0 atom stereocenters. The molecule has 1 aromatic carbocycles. The largest absolute Gasteiger partial charge is 0.496 e. The van der Waals surface area contributed by atoms with Gasteiger partial charge in [0.2, 0.25) is 0 Å². The van der Waals surface area contributed by atoms with Crippen molar-refractivity contribution in [3.8, 4) is 5.75 Å². The topological polar surface area (TPSA) is 93.4 Å². The molecule has 1 amide bonds. The Balaban J connectivity index is 2.03. The van der Waals surface area contributed by atoms with E-state index in [0.29, 0.717) is 24.3 Å². The lowest BCUT2D eigenvalue weighted by Gasteiger charge is -2.21. The highest BCUT2D eigenvalue weighted by molar-refractivity contribution is 5.95. The Morgan fingerprint density at radius 2 is 2.00 bits per heavy atom. The molecule has 2 rings (SSSR count). The summed E-state index contributed by atoms with van der Waals surface area (Å²) < 4.78 is 7.08. The van der Waals surface area contributed by atoms with Crippen LogP contribution >= 0.6 is 0 Å². The van der Waals surface area contributed by atoms with E-state index in [-0.39, 0.29) is 17.0 Å². The second-order valence-electron chi connectivity index (χ2n) is 7.06. The van der Waals surface area contributed by atoms with Crippen LogP contribution in [0.15, 0.2) is 24.4 Å². The van der Waals surface area contributed by atoms with Gasteiger partial charge >= 0.3 is 5.97 Å². The second kappa shape index (κ2) is 7.59. The van der Waals surface area contributed by atoms with Crippen molar-refractivity contribution in [1.29, 1.82) is 0 Å². The minimum Gasteiger partial charge on any atom is -0.496 e. The van der Waals surface area contributed by atoms with Gasteiger partial charge in [-0.3, -0.25) is 9.48 Å². The fourth-order valence-corrected chi connectivity index (χ4v) is 2.80.